The van der Waals surface area contributed by atoms with E-state index in [0.29, 0.717) is 0 Å². The second-order valence-corrected chi connectivity index (χ2v) is 4.57. The van der Waals surface area contributed by atoms with Crippen LogP contribution in [0.2, 0.25) is 0 Å². The second-order valence-electron chi connectivity index (χ2n) is 3.12. The molecule has 1 unspecified atom stereocenters. The summed E-state index contributed by atoms with van der Waals surface area (Å²) >= 11 is 3.24. The number of rotatable bonds is 2. The van der Waals surface area contributed by atoms with Crippen molar-refractivity contribution in [2.45, 2.75) is 17.9 Å². The van der Waals surface area contributed by atoms with E-state index in [9.17, 15) is 13.2 Å². The molecule has 1 atom stereocenters. The molecule has 0 fully saturated rings. The molecule has 0 aliphatic rings. The third-order valence-corrected chi connectivity index (χ3v) is 2.11. The summed E-state index contributed by atoms with van der Waals surface area (Å²) in [6.45, 7) is 1.84. The smallest absolute Gasteiger partial charge is 0.166 e. The van der Waals surface area contributed by atoms with Gasteiger partial charge >= 0.3 is 6.18 Å². The first-order chi connectivity index (χ1) is 6.91. The van der Waals surface area contributed by atoms with Gasteiger partial charge in [0, 0.05) is 4.83 Å². The van der Waals surface area contributed by atoms with Gasteiger partial charge < -0.3 is 0 Å². The molecule has 1 rings (SSSR count). The van der Waals surface area contributed by atoms with Crippen LogP contribution >= 0.6 is 15.9 Å². The molecule has 4 heteroatoms. The van der Waals surface area contributed by atoms with E-state index in [0.717, 1.165) is 6.07 Å². The number of halogens is 4. The highest BCUT2D eigenvalue weighted by Crippen LogP contribution is 2.32. The molecule has 0 saturated carbocycles. The third kappa shape index (κ3) is 3.70. The number of allylic oxidation sites excluding steroid dienone is 1. The minimum Gasteiger partial charge on any atom is -0.166 e. The van der Waals surface area contributed by atoms with Crippen molar-refractivity contribution in [2.24, 2.45) is 0 Å². The maximum Gasteiger partial charge on any atom is 0.416 e. The van der Waals surface area contributed by atoms with Crippen LogP contribution in [0.4, 0.5) is 13.2 Å². The summed E-state index contributed by atoms with van der Waals surface area (Å²) in [5.74, 6) is 0. The second kappa shape index (κ2) is 4.84. The zero-order valence-electron chi connectivity index (χ0n) is 8.05. The molecular weight excluding hydrogens is 269 g/mol. The molecular formula is C11H10BrF3. The van der Waals surface area contributed by atoms with E-state index in [1.807, 2.05) is 6.92 Å². The fourth-order valence-electron chi connectivity index (χ4n) is 1.14. The monoisotopic (exact) mass is 278 g/mol. The Morgan fingerprint density at radius 2 is 1.87 bits per heavy atom. The van der Waals surface area contributed by atoms with Crippen LogP contribution in [0.1, 0.15) is 18.1 Å². The SMILES string of the molecule is CC(Br)/C=C/c1ccccc1C(F)(F)F. The van der Waals surface area contributed by atoms with Crippen molar-refractivity contribution in [3.63, 3.8) is 0 Å². The normalized spacial score (nSPS) is 14.5. The van der Waals surface area contributed by atoms with Crippen molar-refractivity contribution in [2.75, 3.05) is 0 Å². The molecule has 82 valence electrons. The molecule has 0 aliphatic heterocycles. The molecule has 0 aromatic heterocycles. The topological polar surface area (TPSA) is 0 Å². The maximum absolute atomic E-state index is 12.5. The van der Waals surface area contributed by atoms with Crippen molar-refractivity contribution in [1.29, 1.82) is 0 Å². The quantitative estimate of drug-likeness (QED) is 0.699. The standard InChI is InChI=1S/C11H10BrF3/c1-8(12)6-7-9-4-2-3-5-10(9)11(13,14)15/h2-8H,1H3/b7-6+. The molecule has 0 aliphatic carbocycles. The number of alkyl halides is 4. The molecule has 1 aromatic carbocycles. The van der Waals surface area contributed by atoms with E-state index in [1.165, 1.54) is 18.2 Å². The van der Waals surface area contributed by atoms with Gasteiger partial charge in [0.05, 0.1) is 5.56 Å². The van der Waals surface area contributed by atoms with E-state index in [4.69, 9.17) is 0 Å². The van der Waals surface area contributed by atoms with Gasteiger partial charge in [-0.2, -0.15) is 13.2 Å². The Morgan fingerprint density at radius 3 is 2.40 bits per heavy atom. The van der Waals surface area contributed by atoms with Crippen molar-refractivity contribution < 1.29 is 13.2 Å². The lowest BCUT2D eigenvalue weighted by atomic mass is 10.1. The summed E-state index contributed by atoms with van der Waals surface area (Å²) in [6, 6.07) is 5.51. The van der Waals surface area contributed by atoms with Gasteiger partial charge in [0.25, 0.3) is 0 Å². The van der Waals surface area contributed by atoms with E-state index in [2.05, 4.69) is 15.9 Å². The van der Waals surface area contributed by atoms with Gasteiger partial charge in [-0.1, -0.05) is 46.3 Å². The van der Waals surface area contributed by atoms with Gasteiger partial charge in [0.1, 0.15) is 0 Å². The Hall–Kier alpha value is -0.770. The van der Waals surface area contributed by atoms with Crippen LogP contribution in [0.15, 0.2) is 30.3 Å². The Morgan fingerprint density at radius 1 is 1.27 bits per heavy atom. The highest BCUT2D eigenvalue weighted by Gasteiger charge is 2.32. The van der Waals surface area contributed by atoms with Gasteiger partial charge in [-0.3, -0.25) is 0 Å². The Kier molecular flexibility index (Phi) is 3.97. The van der Waals surface area contributed by atoms with Crippen LogP contribution in [-0.4, -0.2) is 4.83 Å². The van der Waals surface area contributed by atoms with Gasteiger partial charge in [-0.05, 0) is 18.6 Å². The number of hydrogen-bond acceptors (Lipinski definition) is 0. The Labute approximate surface area is 94.9 Å². The largest absolute Gasteiger partial charge is 0.416 e. The first-order valence-corrected chi connectivity index (χ1v) is 5.31. The summed E-state index contributed by atoms with van der Waals surface area (Å²) in [5.41, 5.74) is -0.411. The number of hydrogen-bond donors (Lipinski definition) is 0. The highest BCUT2D eigenvalue weighted by atomic mass is 79.9. The molecule has 0 radical (unpaired) electrons. The number of benzene rings is 1. The van der Waals surface area contributed by atoms with Crippen molar-refractivity contribution >= 4 is 22.0 Å². The lowest BCUT2D eigenvalue weighted by Crippen LogP contribution is -2.06. The Balaban J connectivity index is 3.08. The molecule has 0 amide bonds. The maximum atomic E-state index is 12.5. The predicted molar refractivity (Wildman–Crippen MR) is 58.9 cm³/mol. The van der Waals surface area contributed by atoms with E-state index >= 15 is 0 Å². The van der Waals surface area contributed by atoms with Gasteiger partial charge in [0.15, 0.2) is 0 Å². The first kappa shape index (κ1) is 12.3. The summed E-state index contributed by atoms with van der Waals surface area (Å²) in [6.07, 6.45) is -1.15. The molecule has 0 nitrogen and oxygen atoms in total. The molecule has 0 heterocycles. The van der Waals surface area contributed by atoms with Crippen LogP contribution in [0.3, 0.4) is 0 Å². The zero-order valence-corrected chi connectivity index (χ0v) is 9.64. The summed E-state index contributed by atoms with van der Waals surface area (Å²) in [7, 11) is 0. The molecule has 0 bridgehead atoms. The van der Waals surface area contributed by atoms with E-state index in [1.54, 1.807) is 12.1 Å². The van der Waals surface area contributed by atoms with Crippen LogP contribution < -0.4 is 0 Å². The summed E-state index contributed by atoms with van der Waals surface area (Å²) in [5, 5.41) is 0. The van der Waals surface area contributed by atoms with Crippen LogP contribution in [0.5, 0.6) is 0 Å². The third-order valence-electron chi connectivity index (χ3n) is 1.81. The fourth-order valence-corrected chi connectivity index (χ4v) is 1.29. The van der Waals surface area contributed by atoms with Gasteiger partial charge in [-0.25, -0.2) is 0 Å². The summed E-state index contributed by atoms with van der Waals surface area (Å²) in [4.78, 5) is 0.0544. The average molecular weight is 279 g/mol. The van der Waals surface area contributed by atoms with Crippen molar-refractivity contribution in [3.8, 4) is 0 Å². The van der Waals surface area contributed by atoms with E-state index < -0.39 is 11.7 Å². The Bertz CT molecular complexity index is 353. The molecule has 0 saturated heterocycles. The van der Waals surface area contributed by atoms with Crippen LogP contribution in [0.25, 0.3) is 6.08 Å². The lowest BCUT2D eigenvalue weighted by Gasteiger charge is -2.09. The first-order valence-electron chi connectivity index (χ1n) is 4.40. The summed E-state index contributed by atoms with van der Waals surface area (Å²) < 4.78 is 37.6. The van der Waals surface area contributed by atoms with Crippen molar-refractivity contribution in [3.05, 3.63) is 41.5 Å². The fraction of sp³-hybridized carbons (Fsp3) is 0.273. The van der Waals surface area contributed by atoms with E-state index in [-0.39, 0.29) is 10.4 Å². The van der Waals surface area contributed by atoms with Crippen molar-refractivity contribution in [1.82, 2.24) is 0 Å². The lowest BCUT2D eigenvalue weighted by molar-refractivity contribution is -0.137. The van der Waals surface area contributed by atoms with Gasteiger partial charge in [-0.15, -0.1) is 0 Å². The predicted octanol–water partition coefficient (Wildman–Crippen LogP) is 4.50. The van der Waals surface area contributed by atoms with Crippen LogP contribution in [0, 0.1) is 0 Å². The van der Waals surface area contributed by atoms with Gasteiger partial charge in [0.2, 0.25) is 0 Å². The molecule has 0 spiro atoms. The zero-order chi connectivity index (χ0) is 11.5. The highest BCUT2D eigenvalue weighted by molar-refractivity contribution is 9.09. The van der Waals surface area contributed by atoms with Crippen LogP contribution in [-0.2, 0) is 6.18 Å². The molecule has 1 aromatic rings. The average Bonchev–Trinajstić information content (AvgIpc) is 2.13. The minimum absolute atomic E-state index is 0.0544. The minimum atomic E-state index is -4.30. The molecule has 0 N–H and O–H groups in total. The molecule has 15 heavy (non-hydrogen) atoms.